The molecule has 1 aliphatic carbocycles. The molecule has 122 valence electrons. The van der Waals surface area contributed by atoms with Crippen LogP contribution in [0, 0.1) is 5.92 Å². The molecule has 2 aliphatic rings. The Kier molecular flexibility index (Phi) is 4.52. The van der Waals surface area contributed by atoms with Crippen molar-refractivity contribution in [1.29, 1.82) is 0 Å². The van der Waals surface area contributed by atoms with Crippen LogP contribution in [0.1, 0.15) is 68.9 Å². The van der Waals surface area contributed by atoms with Crippen molar-refractivity contribution in [3.8, 4) is 0 Å². The van der Waals surface area contributed by atoms with E-state index in [0.717, 1.165) is 38.6 Å². The van der Waals surface area contributed by atoms with E-state index in [2.05, 4.69) is 18.9 Å². The maximum Gasteiger partial charge on any atom is 0.274 e. The van der Waals surface area contributed by atoms with Crippen LogP contribution in [-0.4, -0.2) is 44.4 Å². The highest BCUT2D eigenvalue weighted by Crippen LogP contribution is 2.35. The van der Waals surface area contributed by atoms with E-state index in [1.807, 2.05) is 21.8 Å². The van der Waals surface area contributed by atoms with Gasteiger partial charge in [0.1, 0.15) is 5.69 Å². The normalized spacial score (nSPS) is 29.3. The predicted octanol–water partition coefficient (Wildman–Crippen LogP) is 2.62. The van der Waals surface area contributed by atoms with Crippen molar-refractivity contribution in [3.05, 3.63) is 18.0 Å². The highest BCUT2D eigenvalue weighted by Gasteiger charge is 2.39. The average molecular weight is 305 g/mol. The fourth-order valence-corrected chi connectivity index (χ4v) is 3.97. The van der Waals surface area contributed by atoms with Gasteiger partial charge >= 0.3 is 0 Å². The number of aliphatic hydroxyl groups is 1. The minimum absolute atomic E-state index is 0.0275. The van der Waals surface area contributed by atoms with Crippen molar-refractivity contribution in [1.82, 2.24) is 14.7 Å². The van der Waals surface area contributed by atoms with Gasteiger partial charge in [-0.1, -0.05) is 12.8 Å². The lowest BCUT2D eigenvalue weighted by Crippen LogP contribution is -2.45. The molecule has 1 aromatic rings. The number of hydrogen-bond acceptors (Lipinski definition) is 3. The van der Waals surface area contributed by atoms with Crippen LogP contribution >= 0.6 is 0 Å². The summed E-state index contributed by atoms with van der Waals surface area (Å²) in [6.45, 7) is 4.90. The van der Waals surface area contributed by atoms with Crippen LogP contribution in [0.2, 0.25) is 0 Å². The van der Waals surface area contributed by atoms with Crippen molar-refractivity contribution in [2.24, 2.45) is 5.92 Å². The molecule has 5 heteroatoms. The number of rotatable bonds is 3. The average Bonchev–Trinajstić information content (AvgIpc) is 3.16. The highest BCUT2D eigenvalue weighted by molar-refractivity contribution is 5.92. The molecule has 1 amide bonds. The predicted molar refractivity (Wildman–Crippen MR) is 84.6 cm³/mol. The molecule has 1 aliphatic heterocycles. The maximum absolute atomic E-state index is 12.8. The maximum atomic E-state index is 12.8. The molecule has 3 rings (SSSR count). The number of likely N-dealkylation sites (tertiary alicyclic amines) is 1. The third-order valence-electron chi connectivity index (χ3n) is 5.19. The molecule has 1 saturated heterocycles. The van der Waals surface area contributed by atoms with E-state index in [-0.39, 0.29) is 30.0 Å². The van der Waals surface area contributed by atoms with E-state index in [1.165, 1.54) is 6.42 Å². The summed E-state index contributed by atoms with van der Waals surface area (Å²) in [5.41, 5.74) is 0.533. The van der Waals surface area contributed by atoms with Crippen molar-refractivity contribution >= 4 is 5.91 Å². The Morgan fingerprint density at radius 1 is 1.27 bits per heavy atom. The molecule has 3 atom stereocenters. The van der Waals surface area contributed by atoms with Crippen LogP contribution < -0.4 is 0 Å². The quantitative estimate of drug-likeness (QED) is 0.934. The van der Waals surface area contributed by atoms with Gasteiger partial charge in [0.25, 0.3) is 5.91 Å². The van der Waals surface area contributed by atoms with Gasteiger partial charge in [-0.05, 0) is 45.6 Å². The van der Waals surface area contributed by atoms with Crippen LogP contribution in [-0.2, 0) is 0 Å². The second kappa shape index (κ2) is 6.41. The van der Waals surface area contributed by atoms with Gasteiger partial charge in [0, 0.05) is 30.7 Å². The van der Waals surface area contributed by atoms with Crippen LogP contribution in [0.25, 0.3) is 0 Å². The van der Waals surface area contributed by atoms with Crippen LogP contribution in [0.3, 0.4) is 0 Å². The number of nitrogens with zero attached hydrogens (tertiary/aromatic N) is 3. The molecule has 5 nitrogen and oxygen atoms in total. The van der Waals surface area contributed by atoms with Gasteiger partial charge < -0.3 is 10.0 Å². The fourth-order valence-electron chi connectivity index (χ4n) is 3.97. The molecule has 1 saturated carbocycles. The summed E-state index contributed by atoms with van der Waals surface area (Å²) in [6, 6.07) is 2.26. The lowest BCUT2D eigenvalue weighted by atomic mass is 9.80. The van der Waals surface area contributed by atoms with E-state index in [4.69, 9.17) is 0 Å². The smallest absolute Gasteiger partial charge is 0.274 e. The van der Waals surface area contributed by atoms with Crippen LogP contribution in [0.15, 0.2) is 12.3 Å². The number of aliphatic hydroxyl groups excluding tert-OH is 1. The summed E-state index contributed by atoms with van der Waals surface area (Å²) in [5, 5.41) is 14.7. The Morgan fingerprint density at radius 2 is 2.05 bits per heavy atom. The van der Waals surface area contributed by atoms with Crippen molar-refractivity contribution in [2.75, 3.05) is 6.54 Å². The topological polar surface area (TPSA) is 58.4 Å². The second-order valence-electron chi connectivity index (χ2n) is 7.00. The monoisotopic (exact) mass is 305 g/mol. The van der Waals surface area contributed by atoms with E-state index < -0.39 is 0 Å². The molecule has 0 aromatic carbocycles. The lowest BCUT2D eigenvalue weighted by molar-refractivity contribution is 0.0209. The van der Waals surface area contributed by atoms with E-state index in [9.17, 15) is 9.90 Å². The number of amides is 1. The lowest BCUT2D eigenvalue weighted by Gasteiger charge is -2.37. The second-order valence-corrected chi connectivity index (χ2v) is 7.00. The molecule has 22 heavy (non-hydrogen) atoms. The minimum atomic E-state index is -0.250. The molecule has 2 fully saturated rings. The zero-order valence-corrected chi connectivity index (χ0v) is 13.6. The summed E-state index contributed by atoms with van der Waals surface area (Å²) < 4.78 is 1.83. The molecule has 2 heterocycles. The van der Waals surface area contributed by atoms with E-state index in [1.54, 1.807) is 0 Å². The van der Waals surface area contributed by atoms with Gasteiger partial charge in [-0.2, -0.15) is 5.10 Å². The Hall–Kier alpha value is -1.36. The first-order valence-corrected chi connectivity index (χ1v) is 8.62. The summed E-state index contributed by atoms with van der Waals surface area (Å²) >= 11 is 0. The van der Waals surface area contributed by atoms with E-state index in [0.29, 0.717) is 5.69 Å². The Balaban J connectivity index is 1.75. The number of aromatic nitrogens is 2. The fraction of sp³-hybridized carbons (Fsp3) is 0.765. The first-order chi connectivity index (χ1) is 10.6. The van der Waals surface area contributed by atoms with Gasteiger partial charge in [-0.3, -0.25) is 9.48 Å². The van der Waals surface area contributed by atoms with Gasteiger partial charge in [0.2, 0.25) is 0 Å². The Bertz CT molecular complexity index is 526. The number of hydrogen-bond donors (Lipinski definition) is 1. The molecule has 0 unspecified atom stereocenters. The molecule has 0 spiro atoms. The van der Waals surface area contributed by atoms with Crippen molar-refractivity contribution < 1.29 is 9.90 Å². The summed E-state index contributed by atoms with van der Waals surface area (Å²) in [5.74, 6) is 0.270. The van der Waals surface area contributed by atoms with E-state index >= 15 is 0 Å². The zero-order chi connectivity index (χ0) is 15.7. The van der Waals surface area contributed by atoms with Crippen molar-refractivity contribution in [2.45, 2.75) is 70.6 Å². The molecular formula is C17H27N3O2. The molecule has 1 N–H and O–H groups in total. The molecular weight excluding hydrogens is 278 g/mol. The summed E-state index contributed by atoms with van der Waals surface area (Å²) in [7, 11) is 0. The SMILES string of the molecule is CC(C)n1ccc(C(=O)N2CCC[C@@H]2[C@@H]2CCCC[C@H]2O)n1. The Labute approximate surface area is 132 Å². The number of carbonyl (C=O) groups is 1. The largest absolute Gasteiger partial charge is 0.393 e. The van der Waals surface area contributed by atoms with Crippen molar-refractivity contribution in [3.63, 3.8) is 0 Å². The summed E-state index contributed by atoms with van der Waals surface area (Å²) in [4.78, 5) is 14.8. The highest BCUT2D eigenvalue weighted by atomic mass is 16.3. The third kappa shape index (κ3) is 2.91. The molecule has 0 bridgehead atoms. The number of carbonyl (C=O) groups excluding carboxylic acids is 1. The van der Waals surface area contributed by atoms with Crippen LogP contribution in [0.5, 0.6) is 0 Å². The first kappa shape index (κ1) is 15.5. The molecule has 0 radical (unpaired) electrons. The Morgan fingerprint density at radius 3 is 2.73 bits per heavy atom. The standard InChI is InChI=1S/C17H27N3O2/c1-12(2)20-11-9-14(18-20)17(22)19-10-5-7-15(19)13-6-3-4-8-16(13)21/h9,11-13,15-16,21H,3-8,10H2,1-2H3/t13-,15+,16+/m0/s1. The van der Waals surface area contributed by atoms with Gasteiger partial charge in [0.05, 0.1) is 6.10 Å². The van der Waals surface area contributed by atoms with Gasteiger partial charge in [0.15, 0.2) is 0 Å². The molecule has 1 aromatic heterocycles. The van der Waals surface area contributed by atoms with Crippen LogP contribution in [0.4, 0.5) is 0 Å². The minimum Gasteiger partial charge on any atom is -0.393 e. The zero-order valence-electron chi connectivity index (χ0n) is 13.6. The van der Waals surface area contributed by atoms with Gasteiger partial charge in [-0.25, -0.2) is 0 Å². The summed E-state index contributed by atoms with van der Waals surface area (Å²) in [6.07, 6.45) is 7.86. The third-order valence-corrected chi connectivity index (χ3v) is 5.19. The first-order valence-electron chi connectivity index (χ1n) is 8.62. The van der Waals surface area contributed by atoms with Gasteiger partial charge in [-0.15, -0.1) is 0 Å².